The van der Waals surface area contributed by atoms with Gasteiger partial charge >= 0.3 is 0 Å². The Balaban J connectivity index is 1.60. The Morgan fingerprint density at radius 2 is 2.16 bits per heavy atom. The maximum Gasteiger partial charge on any atom is 0.258 e. The van der Waals surface area contributed by atoms with Gasteiger partial charge < -0.3 is 9.72 Å². The van der Waals surface area contributed by atoms with Gasteiger partial charge in [0.2, 0.25) is 0 Å². The van der Waals surface area contributed by atoms with Gasteiger partial charge in [-0.2, -0.15) is 5.10 Å². The van der Waals surface area contributed by atoms with Crippen LogP contribution in [0.25, 0.3) is 10.9 Å². The first kappa shape index (κ1) is 15.9. The Bertz CT molecular complexity index is 949. The average Bonchev–Trinajstić information content (AvgIpc) is 3.08. The van der Waals surface area contributed by atoms with Crippen molar-refractivity contribution in [2.24, 2.45) is 0 Å². The lowest BCUT2D eigenvalue weighted by Crippen LogP contribution is -2.41. The third kappa shape index (κ3) is 3.06. The number of nitrogens with one attached hydrogen (secondary N) is 2. The zero-order chi connectivity index (χ0) is 17.4. The van der Waals surface area contributed by atoms with Gasteiger partial charge in [0.1, 0.15) is 17.8 Å². The van der Waals surface area contributed by atoms with Gasteiger partial charge in [-0.25, -0.2) is 9.97 Å². The molecule has 25 heavy (non-hydrogen) atoms. The lowest BCUT2D eigenvalue weighted by Gasteiger charge is -2.35. The van der Waals surface area contributed by atoms with Crippen molar-refractivity contribution in [2.75, 3.05) is 19.7 Å². The van der Waals surface area contributed by atoms with Crippen molar-refractivity contribution in [3.05, 3.63) is 52.1 Å². The van der Waals surface area contributed by atoms with E-state index in [9.17, 15) is 4.79 Å². The number of morpholine rings is 1. The van der Waals surface area contributed by atoms with Crippen LogP contribution in [0.1, 0.15) is 36.5 Å². The number of rotatable bonds is 3. The van der Waals surface area contributed by atoms with Crippen LogP contribution >= 0.6 is 0 Å². The number of aryl methyl sites for hydroxylation is 1. The summed E-state index contributed by atoms with van der Waals surface area (Å²) < 4.78 is 5.81. The molecule has 0 aliphatic carbocycles. The summed E-state index contributed by atoms with van der Waals surface area (Å²) >= 11 is 0. The molecule has 1 aromatic carbocycles. The van der Waals surface area contributed by atoms with Crippen molar-refractivity contribution in [1.82, 2.24) is 30.0 Å². The minimum absolute atomic E-state index is 0.0382. The number of fused-ring (bicyclic) bond motifs is 1. The summed E-state index contributed by atoms with van der Waals surface area (Å²) in [5.74, 6) is 2.09. The number of aromatic nitrogens is 5. The van der Waals surface area contributed by atoms with Gasteiger partial charge in [0.15, 0.2) is 5.82 Å². The van der Waals surface area contributed by atoms with Crippen LogP contribution in [0.15, 0.2) is 29.1 Å². The maximum absolute atomic E-state index is 12.3. The molecule has 3 aromatic rings. The van der Waals surface area contributed by atoms with Crippen molar-refractivity contribution in [3.63, 3.8) is 0 Å². The van der Waals surface area contributed by atoms with Crippen molar-refractivity contribution in [1.29, 1.82) is 0 Å². The SMILES string of the molecule is Cc1nc([C@@H]2CN([C@@H](C)c3nc4ccccc4c(=O)[nH]3)CCO2)n[nH]1. The normalized spacial score (nSPS) is 20.0. The van der Waals surface area contributed by atoms with E-state index < -0.39 is 0 Å². The molecule has 2 N–H and O–H groups in total. The van der Waals surface area contributed by atoms with Gasteiger partial charge in [-0.1, -0.05) is 12.1 Å². The van der Waals surface area contributed by atoms with Crippen molar-refractivity contribution in [3.8, 4) is 0 Å². The molecule has 4 rings (SSSR count). The molecule has 0 bridgehead atoms. The minimum Gasteiger partial charge on any atom is -0.367 e. The molecule has 8 nitrogen and oxygen atoms in total. The van der Waals surface area contributed by atoms with Crippen LogP contribution in [0.4, 0.5) is 0 Å². The monoisotopic (exact) mass is 340 g/mol. The Morgan fingerprint density at radius 3 is 2.96 bits per heavy atom. The highest BCUT2D eigenvalue weighted by Crippen LogP contribution is 2.25. The molecule has 1 fully saturated rings. The fraction of sp³-hybridized carbons (Fsp3) is 0.412. The smallest absolute Gasteiger partial charge is 0.258 e. The summed E-state index contributed by atoms with van der Waals surface area (Å²) in [6.45, 7) is 5.90. The molecule has 2 atom stereocenters. The van der Waals surface area contributed by atoms with Crippen LogP contribution < -0.4 is 5.56 Å². The zero-order valence-electron chi connectivity index (χ0n) is 14.2. The molecule has 1 saturated heterocycles. The Labute approximate surface area is 144 Å². The Morgan fingerprint density at radius 1 is 1.32 bits per heavy atom. The van der Waals surface area contributed by atoms with Crippen molar-refractivity contribution >= 4 is 10.9 Å². The van der Waals surface area contributed by atoms with Gasteiger partial charge in [-0.3, -0.25) is 14.8 Å². The fourth-order valence-electron chi connectivity index (χ4n) is 3.16. The standard InChI is InChI=1S/C17H20N6O2/c1-10(15-19-13-6-4-3-5-12(13)17(24)20-15)23-7-8-25-14(9-23)16-18-11(2)21-22-16/h3-6,10,14H,7-9H2,1-2H3,(H,18,21,22)(H,19,20,24)/t10-,14-/m0/s1. The molecule has 1 aliphatic rings. The highest BCUT2D eigenvalue weighted by atomic mass is 16.5. The second-order valence-electron chi connectivity index (χ2n) is 6.28. The first-order valence-electron chi connectivity index (χ1n) is 8.35. The van der Waals surface area contributed by atoms with Crippen molar-refractivity contribution < 1.29 is 4.74 Å². The van der Waals surface area contributed by atoms with Crippen LogP contribution in [0.5, 0.6) is 0 Å². The number of H-pyrrole nitrogens is 2. The molecular weight excluding hydrogens is 320 g/mol. The van der Waals surface area contributed by atoms with E-state index in [2.05, 4.69) is 30.0 Å². The molecule has 1 aliphatic heterocycles. The number of hydrogen-bond donors (Lipinski definition) is 2. The molecule has 130 valence electrons. The molecule has 3 heterocycles. The number of hydrogen-bond acceptors (Lipinski definition) is 6. The summed E-state index contributed by atoms with van der Waals surface area (Å²) in [6.07, 6.45) is -0.187. The topological polar surface area (TPSA) is 99.8 Å². The van der Waals surface area contributed by atoms with E-state index in [0.717, 1.165) is 12.4 Å². The van der Waals surface area contributed by atoms with E-state index in [0.29, 0.717) is 35.7 Å². The molecule has 8 heteroatoms. The number of ether oxygens (including phenoxy) is 1. The fourth-order valence-corrected chi connectivity index (χ4v) is 3.16. The van der Waals surface area contributed by atoms with E-state index in [-0.39, 0.29) is 17.7 Å². The van der Waals surface area contributed by atoms with Gasteiger partial charge in [0, 0.05) is 13.1 Å². The van der Waals surface area contributed by atoms with Gasteiger partial charge in [0.05, 0.1) is 23.6 Å². The number of aromatic amines is 2. The predicted octanol–water partition coefficient (Wildman–Crippen LogP) is 1.48. The maximum atomic E-state index is 12.3. The highest BCUT2D eigenvalue weighted by molar-refractivity contribution is 5.77. The van der Waals surface area contributed by atoms with Crippen molar-refractivity contribution in [2.45, 2.75) is 26.0 Å². The van der Waals surface area contributed by atoms with Gasteiger partial charge in [-0.15, -0.1) is 0 Å². The summed E-state index contributed by atoms with van der Waals surface area (Å²) in [5, 5.41) is 7.66. The molecule has 0 saturated carbocycles. The Hall–Kier alpha value is -2.58. The van der Waals surface area contributed by atoms with Crippen LogP contribution in [0, 0.1) is 6.92 Å². The summed E-state index contributed by atoms with van der Waals surface area (Å²) in [6, 6.07) is 7.34. The first-order valence-corrected chi connectivity index (χ1v) is 8.35. The third-order valence-corrected chi connectivity index (χ3v) is 4.57. The van der Waals surface area contributed by atoms with E-state index >= 15 is 0 Å². The largest absolute Gasteiger partial charge is 0.367 e. The van der Waals surface area contributed by atoms with Gasteiger partial charge in [-0.05, 0) is 26.0 Å². The highest BCUT2D eigenvalue weighted by Gasteiger charge is 2.29. The molecule has 2 aromatic heterocycles. The summed E-state index contributed by atoms with van der Waals surface area (Å²) in [4.78, 5) is 26.5. The number of benzene rings is 1. The Kier molecular flexibility index (Phi) is 4.06. The average molecular weight is 340 g/mol. The van der Waals surface area contributed by atoms with Crippen LogP contribution in [0.3, 0.4) is 0 Å². The van der Waals surface area contributed by atoms with E-state index in [1.54, 1.807) is 6.07 Å². The van der Waals surface area contributed by atoms with Gasteiger partial charge in [0.25, 0.3) is 5.56 Å². The minimum atomic E-state index is -0.187. The lowest BCUT2D eigenvalue weighted by atomic mass is 10.1. The van der Waals surface area contributed by atoms with Crippen LogP contribution in [-0.2, 0) is 4.74 Å². The van der Waals surface area contributed by atoms with E-state index in [1.807, 2.05) is 32.0 Å². The predicted molar refractivity (Wildman–Crippen MR) is 92.2 cm³/mol. The summed E-state index contributed by atoms with van der Waals surface area (Å²) in [7, 11) is 0. The number of nitrogens with zero attached hydrogens (tertiary/aromatic N) is 4. The first-order chi connectivity index (χ1) is 12.1. The third-order valence-electron chi connectivity index (χ3n) is 4.57. The molecule has 0 amide bonds. The lowest BCUT2D eigenvalue weighted by molar-refractivity contribution is -0.0480. The van der Waals surface area contributed by atoms with Crippen LogP contribution in [-0.4, -0.2) is 49.7 Å². The summed E-state index contributed by atoms with van der Waals surface area (Å²) in [5.41, 5.74) is 0.601. The molecular formula is C17H20N6O2. The zero-order valence-corrected chi connectivity index (χ0v) is 14.2. The van der Waals surface area contributed by atoms with E-state index in [1.165, 1.54) is 0 Å². The molecule has 0 spiro atoms. The quantitative estimate of drug-likeness (QED) is 0.749. The second-order valence-corrected chi connectivity index (χ2v) is 6.28. The molecule has 0 unspecified atom stereocenters. The number of para-hydroxylation sites is 1. The molecule has 0 radical (unpaired) electrons. The van der Waals surface area contributed by atoms with Crippen LogP contribution in [0.2, 0.25) is 0 Å². The second kappa shape index (κ2) is 6.38. The van der Waals surface area contributed by atoms with E-state index in [4.69, 9.17) is 4.74 Å².